The number of carbonyl (C=O) groups excluding carboxylic acids is 4. The van der Waals surface area contributed by atoms with E-state index in [4.69, 9.17) is 16.3 Å². The second-order valence-corrected chi connectivity index (χ2v) is 14.7. The number of fused-ring (bicyclic) bond motifs is 3. The minimum Gasteiger partial charge on any atom is -0.456 e. The van der Waals surface area contributed by atoms with Crippen molar-refractivity contribution in [1.29, 1.82) is 0 Å². The zero-order valence-electron chi connectivity index (χ0n) is 29.9. The molecule has 4 N–H and O–H groups in total. The Morgan fingerprint density at radius 2 is 1.72 bits per heavy atom. The number of anilines is 1. The van der Waals surface area contributed by atoms with Crippen molar-refractivity contribution in [2.75, 3.05) is 18.4 Å². The summed E-state index contributed by atoms with van der Waals surface area (Å²) in [4.78, 5) is 58.9. The minimum atomic E-state index is -0.634. The van der Waals surface area contributed by atoms with Crippen LogP contribution in [-0.2, 0) is 17.6 Å². The second kappa shape index (κ2) is 14.4. The van der Waals surface area contributed by atoms with E-state index in [1.54, 1.807) is 30.3 Å². The Morgan fingerprint density at radius 1 is 0.943 bits per heavy atom. The monoisotopic (exact) mass is 733 g/mol. The van der Waals surface area contributed by atoms with Gasteiger partial charge < -0.3 is 26.0 Å². The first kappa shape index (κ1) is 35.8. The van der Waals surface area contributed by atoms with Gasteiger partial charge in [0.25, 0.3) is 17.7 Å². The molecular weight excluding hydrogens is 694 g/mol. The summed E-state index contributed by atoms with van der Waals surface area (Å²) in [6.45, 7) is 8.42. The molecular formula is C40H40ClN7O5. The molecule has 53 heavy (non-hydrogen) atoms. The predicted octanol–water partition coefficient (Wildman–Crippen LogP) is 5.93. The van der Waals surface area contributed by atoms with Crippen molar-refractivity contribution in [3.05, 3.63) is 128 Å². The lowest BCUT2D eigenvalue weighted by atomic mass is 9.94. The van der Waals surface area contributed by atoms with Gasteiger partial charge in [-0.05, 0) is 99.5 Å². The lowest BCUT2D eigenvalue weighted by Crippen LogP contribution is -2.39. The van der Waals surface area contributed by atoms with Crippen LogP contribution >= 0.6 is 11.6 Å². The molecule has 3 amide bonds. The summed E-state index contributed by atoms with van der Waals surface area (Å²) < 4.78 is 6.88. The molecule has 1 aliphatic heterocycles. The highest BCUT2D eigenvalue weighted by Gasteiger charge is 2.31. The first-order valence-electron chi connectivity index (χ1n) is 17.6. The molecule has 3 heterocycles. The molecule has 272 valence electrons. The van der Waals surface area contributed by atoms with E-state index in [0.717, 1.165) is 35.2 Å². The molecule has 2 unspecified atom stereocenters. The molecule has 1 aliphatic carbocycles. The topological polar surface area (TPSA) is 156 Å². The number of benzene rings is 3. The number of para-hydroxylation sites is 1. The van der Waals surface area contributed by atoms with Crippen LogP contribution in [0.2, 0.25) is 5.02 Å². The van der Waals surface area contributed by atoms with Crippen LogP contribution in [0.25, 0.3) is 5.65 Å². The Hall–Kier alpha value is -5.59. The molecule has 7 rings (SSSR count). The lowest BCUT2D eigenvalue weighted by molar-refractivity contribution is 0.00682. The third-order valence-corrected chi connectivity index (χ3v) is 9.93. The lowest BCUT2D eigenvalue weighted by Gasteiger charge is -2.27. The molecule has 2 atom stereocenters. The van der Waals surface area contributed by atoms with Crippen LogP contribution in [0.15, 0.2) is 72.9 Å². The van der Waals surface area contributed by atoms with Gasteiger partial charge in [-0.1, -0.05) is 54.1 Å². The van der Waals surface area contributed by atoms with E-state index in [1.165, 1.54) is 22.3 Å². The molecule has 0 fully saturated rings. The maximum absolute atomic E-state index is 14.1. The van der Waals surface area contributed by atoms with Crippen LogP contribution < -0.4 is 21.3 Å². The molecule has 0 saturated heterocycles. The van der Waals surface area contributed by atoms with Crippen molar-refractivity contribution < 1.29 is 23.9 Å². The summed E-state index contributed by atoms with van der Waals surface area (Å²) in [5, 5.41) is 17.0. The quantitative estimate of drug-likeness (QED) is 0.143. The molecule has 12 nitrogen and oxygen atoms in total. The van der Waals surface area contributed by atoms with Crippen molar-refractivity contribution >= 4 is 46.6 Å². The number of halogens is 1. The number of aromatic nitrogens is 3. The van der Waals surface area contributed by atoms with E-state index in [0.29, 0.717) is 29.1 Å². The molecule has 0 bridgehead atoms. The number of nitrogens with one attached hydrogen (secondary N) is 4. The molecule has 3 aromatic carbocycles. The Labute approximate surface area is 311 Å². The van der Waals surface area contributed by atoms with Crippen molar-refractivity contribution in [3.8, 4) is 0 Å². The number of rotatable bonds is 8. The number of hydrogen-bond donors (Lipinski definition) is 4. The SMILES string of the molecule is Cc1c(C(=O)OC(C)(C)C)ccc2c1CCC2NC(=O)c1cc(C(=O)NCC2NCCc3ccccc32)nc2c(C(=O)Nc3ccccc3Cl)cnn12. The first-order valence-corrected chi connectivity index (χ1v) is 18.0. The molecule has 2 aromatic heterocycles. The molecule has 2 aliphatic rings. The van der Waals surface area contributed by atoms with Crippen LogP contribution in [0.4, 0.5) is 5.69 Å². The van der Waals surface area contributed by atoms with Crippen molar-refractivity contribution in [1.82, 2.24) is 30.5 Å². The highest BCUT2D eigenvalue weighted by atomic mass is 35.5. The summed E-state index contributed by atoms with van der Waals surface area (Å²) in [7, 11) is 0. The smallest absolute Gasteiger partial charge is 0.338 e. The fraction of sp³-hybridized carbons (Fsp3) is 0.300. The maximum Gasteiger partial charge on any atom is 0.338 e. The molecule has 0 radical (unpaired) electrons. The Balaban J connectivity index is 1.19. The average molecular weight is 734 g/mol. The van der Waals surface area contributed by atoms with Gasteiger partial charge in [0.1, 0.15) is 22.6 Å². The van der Waals surface area contributed by atoms with Gasteiger partial charge in [-0.3, -0.25) is 14.4 Å². The van der Waals surface area contributed by atoms with Crippen molar-refractivity contribution in [3.63, 3.8) is 0 Å². The standard InChI is InChI=1S/C40H40ClN7O5/c1-22-24-15-16-30(27(24)14-13-25(22)39(52)53-40(2,3)4)46-38(51)34-19-32(37(50)43-21-33-26-10-6-5-9-23(26)17-18-42-33)45-35-28(20-44-48(34)35)36(49)47-31-12-8-7-11-29(31)41/h5-14,19-20,30,33,42H,15-18,21H2,1-4H3,(H,43,50)(H,46,51)(H,47,49). The number of esters is 1. The molecule has 13 heteroatoms. The number of hydrogen-bond acceptors (Lipinski definition) is 8. The van der Waals surface area contributed by atoms with E-state index in [-0.39, 0.29) is 41.2 Å². The summed E-state index contributed by atoms with van der Waals surface area (Å²) >= 11 is 6.30. The van der Waals surface area contributed by atoms with E-state index in [1.807, 2.05) is 52.0 Å². The van der Waals surface area contributed by atoms with Crippen LogP contribution in [0.3, 0.4) is 0 Å². The van der Waals surface area contributed by atoms with E-state index in [9.17, 15) is 19.2 Å². The summed E-state index contributed by atoms with van der Waals surface area (Å²) in [5.74, 6) is -1.98. The number of ether oxygens (including phenoxy) is 1. The maximum atomic E-state index is 14.1. The largest absolute Gasteiger partial charge is 0.456 e. The zero-order chi connectivity index (χ0) is 37.4. The second-order valence-electron chi connectivity index (χ2n) is 14.3. The fourth-order valence-corrected chi connectivity index (χ4v) is 7.21. The van der Waals surface area contributed by atoms with Gasteiger partial charge in [0.05, 0.1) is 28.5 Å². The van der Waals surface area contributed by atoms with Gasteiger partial charge in [-0.25, -0.2) is 14.3 Å². The van der Waals surface area contributed by atoms with Crippen molar-refractivity contribution in [2.45, 2.75) is 64.6 Å². The minimum absolute atomic E-state index is 0.0219. The van der Waals surface area contributed by atoms with Gasteiger partial charge >= 0.3 is 5.97 Å². The van der Waals surface area contributed by atoms with E-state index in [2.05, 4.69) is 37.4 Å². The highest BCUT2D eigenvalue weighted by molar-refractivity contribution is 6.34. The first-order chi connectivity index (χ1) is 25.4. The Morgan fingerprint density at radius 3 is 2.51 bits per heavy atom. The van der Waals surface area contributed by atoms with Crippen LogP contribution in [-0.4, -0.2) is 57.0 Å². The van der Waals surface area contributed by atoms with Crippen molar-refractivity contribution in [2.24, 2.45) is 0 Å². The number of carbonyl (C=O) groups is 4. The summed E-state index contributed by atoms with van der Waals surface area (Å²) in [5.41, 5.74) is 5.31. The fourth-order valence-electron chi connectivity index (χ4n) is 7.03. The average Bonchev–Trinajstić information content (AvgIpc) is 3.75. The van der Waals surface area contributed by atoms with Gasteiger partial charge in [-0.2, -0.15) is 5.10 Å². The Kier molecular flexibility index (Phi) is 9.75. The number of nitrogens with zero attached hydrogens (tertiary/aromatic N) is 3. The van der Waals surface area contributed by atoms with Gasteiger partial charge in [-0.15, -0.1) is 0 Å². The molecule has 0 saturated carbocycles. The third-order valence-electron chi connectivity index (χ3n) is 9.60. The summed E-state index contributed by atoms with van der Waals surface area (Å²) in [6, 6.07) is 19.4. The van der Waals surface area contributed by atoms with Crippen LogP contribution in [0.5, 0.6) is 0 Å². The predicted molar refractivity (Wildman–Crippen MR) is 200 cm³/mol. The Bertz CT molecular complexity index is 2280. The van der Waals surface area contributed by atoms with Crippen LogP contribution in [0, 0.1) is 6.92 Å². The van der Waals surface area contributed by atoms with Gasteiger partial charge in [0.2, 0.25) is 0 Å². The number of amides is 3. The van der Waals surface area contributed by atoms with Gasteiger partial charge in [0, 0.05) is 18.7 Å². The van der Waals surface area contributed by atoms with E-state index < -0.39 is 29.3 Å². The zero-order valence-corrected chi connectivity index (χ0v) is 30.6. The summed E-state index contributed by atoms with van der Waals surface area (Å²) in [6.07, 6.45) is 3.45. The highest BCUT2D eigenvalue weighted by Crippen LogP contribution is 2.35. The van der Waals surface area contributed by atoms with Gasteiger partial charge in [0.15, 0.2) is 5.65 Å². The van der Waals surface area contributed by atoms with E-state index >= 15 is 0 Å². The molecule has 0 spiro atoms. The molecule has 5 aromatic rings. The normalized spacial score (nSPS) is 16.4. The third kappa shape index (κ3) is 7.37. The van der Waals surface area contributed by atoms with Crippen LogP contribution in [0.1, 0.15) is 109 Å².